The number of benzene rings is 2. The molecular weight excluding hydrogens is 250 g/mol. The number of carbonyl (C=O) groups excluding carboxylic acids is 1. The lowest BCUT2D eigenvalue weighted by Crippen LogP contribution is -2.47. The molecule has 0 aromatic heterocycles. The van der Waals surface area contributed by atoms with Gasteiger partial charge in [0.25, 0.3) is 0 Å². The van der Waals surface area contributed by atoms with Gasteiger partial charge in [-0.15, -0.1) is 6.42 Å². The Balaban J connectivity index is 2.50. The van der Waals surface area contributed by atoms with E-state index < -0.39 is 5.54 Å². The third-order valence-corrected chi connectivity index (χ3v) is 3.46. The van der Waals surface area contributed by atoms with E-state index in [1.807, 2.05) is 42.5 Å². The minimum Gasteiger partial charge on any atom is -0.467 e. The fraction of sp³-hybridized carbons (Fsp3) is 0.235. The topological polar surface area (TPSA) is 38.3 Å². The predicted octanol–water partition coefficient (Wildman–Crippen LogP) is 2.45. The third kappa shape index (κ3) is 2.52. The van der Waals surface area contributed by atoms with Crippen LogP contribution in [0, 0.1) is 12.3 Å². The summed E-state index contributed by atoms with van der Waals surface area (Å²) in [5.41, 5.74) is -0.121. The van der Waals surface area contributed by atoms with Crippen LogP contribution in [0.4, 0.5) is 0 Å². The van der Waals surface area contributed by atoms with Crippen LogP contribution in [0.25, 0.3) is 10.8 Å². The molecule has 0 aliphatic heterocycles. The zero-order valence-corrected chi connectivity index (χ0v) is 11.6. The molecule has 2 aromatic rings. The molecule has 2 rings (SSSR count). The van der Waals surface area contributed by atoms with Gasteiger partial charge in [0.15, 0.2) is 0 Å². The molecular formula is C17H17NO2. The van der Waals surface area contributed by atoms with E-state index in [2.05, 4.69) is 11.2 Å². The van der Waals surface area contributed by atoms with Crippen LogP contribution < -0.4 is 5.32 Å². The normalized spacial score (nSPS) is 13.4. The first kappa shape index (κ1) is 14.1. The number of rotatable bonds is 4. The van der Waals surface area contributed by atoms with Crippen molar-refractivity contribution in [2.24, 2.45) is 0 Å². The standard InChI is InChI=1S/C17H17NO2/c1-4-11-18-17(2,16(19)20-3)15-10-9-13-7-5-6-8-14(13)12-15/h1,5-10,12,18H,11H2,2-3H3. The molecule has 0 aliphatic rings. The van der Waals surface area contributed by atoms with Crippen molar-refractivity contribution in [3.05, 3.63) is 48.0 Å². The molecule has 0 fully saturated rings. The first-order chi connectivity index (χ1) is 9.61. The highest BCUT2D eigenvalue weighted by atomic mass is 16.5. The molecule has 0 radical (unpaired) electrons. The highest BCUT2D eigenvalue weighted by Crippen LogP contribution is 2.26. The van der Waals surface area contributed by atoms with Gasteiger partial charge in [0, 0.05) is 0 Å². The molecule has 1 atom stereocenters. The van der Waals surface area contributed by atoms with Gasteiger partial charge in [-0.05, 0) is 29.3 Å². The van der Waals surface area contributed by atoms with Crippen molar-refractivity contribution in [2.45, 2.75) is 12.5 Å². The highest BCUT2D eigenvalue weighted by Gasteiger charge is 2.35. The van der Waals surface area contributed by atoms with E-state index >= 15 is 0 Å². The number of hydrogen-bond acceptors (Lipinski definition) is 3. The van der Waals surface area contributed by atoms with Crippen molar-refractivity contribution in [3.63, 3.8) is 0 Å². The Morgan fingerprint density at radius 1 is 1.30 bits per heavy atom. The zero-order chi connectivity index (χ0) is 14.6. The largest absolute Gasteiger partial charge is 0.467 e. The number of fused-ring (bicyclic) bond motifs is 1. The van der Waals surface area contributed by atoms with Crippen molar-refractivity contribution < 1.29 is 9.53 Å². The minimum atomic E-state index is -0.953. The summed E-state index contributed by atoms with van der Waals surface area (Å²) >= 11 is 0. The zero-order valence-electron chi connectivity index (χ0n) is 11.6. The summed E-state index contributed by atoms with van der Waals surface area (Å²) in [5.74, 6) is 2.13. The number of hydrogen-bond donors (Lipinski definition) is 1. The van der Waals surface area contributed by atoms with Gasteiger partial charge in [-0.2, -0.15) is 0 Å². The Labute approximate surface area is 118 Å². The fourth-order valence-electron chi connectivity index (χ4n) is 2.22. The number of esters is 1. The summed E-state index contributed by atoms with van der Waals surface area (Å²) in [6.45, 7) is 2.07. The highest BCUT2D eigenvalue weighted by molar-refractivity contribution is 5.87. The molecule has 102 valence electrons. The average molecular weight is 267 g/mol. The molecule has 0 amide bonds. The van der Waals surface area contributed by atoms with Crippen LogP contribution >= 0.6 is 0 Å². The summed E-state index contributed by atoms with van der Waals surface area (Å²) in [6.07, 6.45) is 5.28. The molecule has 20 heavy (non-hydrogen) atoms. The molecule has 0 spiro atoms. The Kier molecular flexibility index (Phi) is 4.07. The molecule has 0 saturated carbocycles. The summed E-state index contributed by atoms with van der Waals surface area (Å²) in [5, 5.41) is 5.26. The summed E-state index contributed by atoms with van der Waals surface area (Å²) in [6, 6.07) is 13.9. The second kappa shape index (κ2) is 5.77. The third-order valence-electron chi connectivity index (χ3n) is 3.46. The molecule has 1 unspecified atom stereocenters. The van der Waals surface area contributed by atoms with Crippen LogP contribution in [-0.4, -0.2) is 19.6 Å². The van der Waals surface area contributed by atoms with E-state index in [1.165, 1.54) is 7.11 Å². The van der Waals surface area contributed by atoms with Gasteiger partial charge in [-0.1, -0.05) is 42.3 Å². The van der Waals surface area contributed by atoms with Crippen LogP contribution in [0.3, 0.4) is 0 Å². The second-order valence-electron chi connectivity index (χ2n) is 4.74. The average Bonchev–Trinajstić information content (AvgIpc) is 2.51. The molecule has 0 aliphatic carbocycles. The smallest absolute Gasteiger partial charge is 0.330 e. The SMILES string of the molecule is C#CCNC(C)(C(=O)OC)c1ccc2ccccc2c1. The summed E-state index contributed by atoms with van der Waals surface area (Å²) in [7, 11) is 1.37. The summed E-state index contributed by atoms with van der Waals surface area (Å²) < 4.78 is 4.91. The Hall–Kier alpha value is -2.31. The Morgan fingerprint density at radius 3 is 2.65 bits per heavy atom. The van der Waals surface area contributed by atoms with Crippen molar-refractivity contribution in [1.82, 2.24) is 5.32 Å². The van der Waals surface area contributed by atoms with E-state index in [1.54, 1.807) is 6.92 Å². The van der Waals surface area contributed by atoms with E-state index in [9.17, 15) is 4.79 Å². The number of ether oxygens (including phenoxy) is 1. The van der Waals surface area contributed by atoms with Crippen LogP contribution in [0.5, 0.6) is 0 Å². The maximum absolute atomic E-state index is 12.1. The maximum Gasteiger partial charge on any atom is 0.330 e. The van der Waals surface area contributed by atoms with Gasteiger partial charge >= 0.3 is 5.97 Å². The van der Waals surface area contributed by atoms with Crippen molar-refractivity contribution in [2.75, 3.05) is 13.7 Å². The molecule has 3 heteroatoms. The van der Waals surface area contributed by atoms with Crippen LogP contribution in [0.2, 0.25) is 0 Å². The van der Waals surface area contributed by atoms with E-state index in [0.717, 1.165) is 16.3 Å². The number of carbonyl (C=O) groups is 1. The van der Waals surface area contributed by atoms with Gasteiger partial charge in [-0.3, -0.25) is 5.32 Å². The summed E-state index contributed by atoms with van der Waals surface area (Å²) in [4.78, 5) is 12.1. The van der Waals surface area contributed by atoms with Gasteiger partial charge in [0.2, 0.25) is 0 Å². The van der Waals surface area contributed by atoms with E-state index in [-0.39, 0.29) is 5.97 Å². The number of terminal acetylenes is 1. The van der Waals surface area contributed by atoms with Crippen molar-refractivity contribution >= 4 is 16.7 Å². The second-order valence-corrected chi connectivity index (χ2v) is 4.74. The lowest BCUT2D eigenvalue weighted by Gasteiger charge is -2.28. The van der Waals surface area contributed by atoms with Crippen LogP contribution in [0.15, 0.2) is 42.5 Å². The quantitative estimate of drug-likeness (QED) is 0.683. The first-order valence-corrected chi connectivity index (χ1v) is 6.38. The number of methoxy groups -OCH3 is 1. The lowest BCUT2D eigenvalue weighted by molar-refractivity contribution is -0.148. The minimum absolute atomic E-state index is 0.290. The van der Waals surface area contributed by atoms with Gasteiger partial charge < -0.3 is 4.74 Å². The maximum atomic E-state index is 12.1. The van der Waals surface area contributed by atoms with Crippen molar-refractivity contribution in [3.8, 4) is 12.3 Å². The predicted molar refractivity (Wildman–Crippen MR) is 80.2 cm³/mol. The van der Waals surface area contributed by atoms with Crippen molar-refractivity contribution in [1.29, 1.82) is 0 Å². The van der Waals surface area contributed by atoms with E-state index in [0.29, 0.717) is 6.54 Å². The lowest BCUT2D eigenvalue weighted by atomic mass is 9.90. The van der Waals surface area contributed by atoms with E-state index in [4.69, 9.17) is 11.2 Å². The van der Waals surface area contributed by atoms with Gasteiger partial charge in [0.05, 0.1) is 13.7 Å². The monoisotopic (exact) mass is 267 g/mol. The molecule has 0 heterocycles. The first-order valence-electron chi connectivity index (χ1n) is 6.38. The molecule has 0 saturated heterocycles. The molecule has 3 nitrogen and oxygen atoms in total. The van der Waals surface area contributed by atoms with Gasteiger partial charge in [-0.25, -0.2) is 4.79 Å². The molecule has 2 aromatic carbocycles. The number of nitrogens with one attached hydrogen (secondary N) is 1. The van der Waals surface area contributed by atoms with Crippen LogP contribution in [-0.2, 0) is 15.1 Å². The molecule has 0 bridgehead atoms. The van der Waals surface area contributed by atoms with Crippen LogP contribution in [0.1, 0.15) is 12.5 Å². The Bertz CT molecular complexity index is 672. The Morgan fingerprint density at radius 2 is 2.00 bits per heavy atom. The molecule has 1 N–H and O–H groups in total. The fourth-order valence-corrected chi connectivity index (χ4v) is 2.22. The van der Waals surface area contributed by atoms with Gasteiger partial charge in [0.1, 0.15) is 5.54 Å².